The second-order valence-corrected chi connectivity index (χ2v) is 14.1. The molecule has 0 aliphatic rings. The normalized spacial score (nSPS) is 11.9. The first-order valence-corrected chi connectivity index (χ1v) is 18.2. The fourth-order valence-corrected chi connectivity index (χ4v) is 8.73. The van der Waals surface area contributed by atoms with Crippen LogP contribution in [0.15, 0.2) is 152 Å². The Kier molecular flexibility index (Phi) is 6.95. The molecule has 5 nitrogen and oxygen atoms in total. The molecule has 0 N–H and O–H groups in total. The number of hydrogen-bond acceptors (Lipinski definition) is 3. The van der Waals surface area contributed by atoms with E-state index in [1.165, 1.54) is 43.9 Å². The van der Waals surface area contributed by atoms with Crippen LogP contribution in [-0.2, 0) is 21.1 Å². The maximum atomic E-state index is 6.54. The smallest absolute Gasteiger partial charge is 0.497 e. The number of ether oxygens (including phenoxy) is 1. The summed E-state index contributed by atoms with van der Waals surface area (Å²) in [5, 5.41) is 7.90. The van der Waals surface area contributed by atoms with Gasteiger partial charge in [0.05, 0.1) is 27.7 Å². The summed E-state index contributed by atoms with van der Waals surface area (Å²) >= 11 is 0. The van der Waals surface area contributed by atoms with Crippen LogP contribution < -0.4 is 4.74 Å². The van der Waals surface area contributed by atoms with Crippen molar-refractivity contribution in [3.05, 3.63) is 169 Å². The third-order valence-electron chi connectivity index (χ3n) is 11.1. The van der Waals surface area contributed by atoms with Crippen LogP contribution in [0.25, 0.3) is 98.8 Å². The second kappa shape index (κ2) is 12.0. The molecule has 0 saturated heterocycles. The third kappa shape index (κ3) is 4.57. The van der Waals surface area contributed by atoms with E-state index < -0.39 is 0 Å². The number of rotatable bonds is 4. The monoisotopic (exact) mass is 883 g/mol. The van der Waals surface area contributed by atoms with Crippen LogP contribution in [0.2, 0.25) is 0 Å². The van der Waals surface area contributed by atoms with Gasteiger partial charge in [-0.2, -0.15) is 0 Å². The summed E-state index contributed by atoms with van der Waals surface area (Å²) in [6.07, 6.45) is 1.90. The molecule has 260 valence electrons. The van der Waals surface area contributed by atoms with E-state index in [2.05, 4.69) is 149 Å². The van der Waals surface area contributed by atoms with E-state index in [-0.39, 0.29) is 21.1 Å². The zero-order chi connectivity index (χ0) is 35.5. The Balaban J connectivity index is 0.00000352. The molecule has 0 unspecified atom stereocenters. The van der Waals surface area contributed by atoms with Crippen molar-refractivity contribution >= 4 is 76.5 Å². The van der Waals surface area contributed by atoms with Gasteiger partial charge in [-0.1, -0.05) is 108 Å². The quantitative estimate of drug-likeness (QED) is 0.131. The van der Waals surface area contributed by atoms with Gasteiger partial charge in [0.2, 0.25) is 0 Å². The van der Waals surface area contributed by atoms with Gasteiger partial charge in [0.25, 0.3) is 0 Å². The number of hydrogen-bond donors (Lipinski definition) is 0. The molecule has 0 aliphatic heterocycles. The first kappa shape index (κ1) is 31.9. The largest absolute Gasteiger partial charge is 2.00 e. The van der Waals surface area contributed by atoms with Crippen molar-refractivity contribution in [2.24, 2.45) is 0 Å². The van der Waals surface area contributed by atoms with E-state index in [4.69, 9.17) is 14.7 Å². The van der Waals surface area contributed by atoms with Gasteiger partial charge in [-0.25, -0.2) is 0 Å². The van der Waals surface area contributed by atoms with Gasteiger partial charge >= 0.3 is 21.1 Å². The Bertz CT molecular complexity index is 3510. The van der Waals surface area contributed by atoms with Crippen LogP contribution in [0.4, 0.5) is 0 Å². The van der Waals surface area contributed by atoms with Crippen molar-refractivity contribution < 1.29 is 25.8 Å². The van der Waals surface area contributed by atoms with Gasteiger partial charge in [-0.05, 0) is 76.5 Å². The van der Waals surface area contributed by atoms with E-state index in [1.54, 1.807) is 0 Å². The third-order valence-corrected chi connectivity index (χ3v) is 11.1. The van der Waals surface area contributed by atoms with E-state index in [0.29, 0.717) is 11.5 Å². The molecule has 0 atom stereocenters. The molecule has 0 radical (unpaired) electrons. The maximum absolute atomic E-state index is 6.54. The SMILES string of the molecule is Cc1ccccc1-c1ccc2c(c1)c1cccc3c4c(-c5[c-]c(Oc6[c-]c7c(cc6)c6ccccc6n6c8ccccc8nc76)ccc5)nccc4n2c13.[Pt+2]. The second-order valence-electron chi connectivity index (χ2n) is 14.1. The Morgan fingerprint density at radius 2 is 1.33 bits per heavy atom. The number of nitrogens with zero attached hydrogens (tertiary/aromatic N) is 4. The van der Waals surface area contributed by atoms with Crippen molar-refractivity contribution in [1.29, 1.82) is 0 Å². The molecule has 7 aromatic carbocycles. The number of benzene rings is 7. The summed E-state index contributed by atoms with van der Waals surface area (Å²) in [4.78, 5) is 10.0. The van der Waals surface area contributed by atoms with Crippen molar-refractivity contribution in [1.82, 2.24) is 18.8 Å². The van der Waals surface area contributed by atoms with E-state index in [1.807, 2.05) is 30.5 Å². The summed E-state index contributed by atoms with van der Waals surface area (Å²) in [5.41, 5.74) is 13.0. The Morgan fingerprint density at radius 3 is 2.25 bits per heavy atom. The fraction of sp³-hybridized carbons (Fsp3) is 0.0204. The maximum Gasteiger partial charge on any atom is 2.00 e. The number of para-hydroxylation sites is 4. The van der Waals surface area contributed by atoms with Crippen LogP contribution in [-0.4, -0.2) is 18.8 Å². The van der Waals surface area contributed by atoms with E-state index in [9.17, 15) is 0 Å². The molecule has 12 rings (SSSR count). The standard InChI is InChI=1S/C49H28N4O.Pt/c1-29-10-2-3-13-34(29)30-20-23-43-39(27-30)37-15-9-16-38-46-45(52(43)48(37)38)24-25-50-47(46)31-11-8-12-32(26-31)54-33-21-22-35-36-14-4-6-18-42(36)53-44-19-7-5-17-41(44)51-49(53)40(35)28-33;/h2-25,27H,1H3;/q-2;+2. The van der Waals surface area contributed by atoms with Crippen molar-refractivity contribution in [2.75, 3.05) is 0 Å². The number of aromatic nitrogens is 4. The average Bonchev–Trinajstić information content (AvgIpc) is 3.89. The molecule has 12 aromatic rings. The minimum absolute atomic E-state index is 0. The predicted molar refractivity (Wildman–Crippen MR) is 220 cm³/mol. The Hall–Kier alpha value is -6.55. The fourth-order valence-electron chi connectivity index (χ4n) is 8.73. The number of imidazole rings is 1. The van der Waals surface area contributed by atoms with Gasteiger partial charge in [0, 0.05) is 44.9 Å². The predicted octanol–water partition coefficient (Wildman–Crippen LogP) is 12.4. The molecule has 5 aromatic heterocycles. The molecule has 0 aliphatic carbocycles. The number of aryl methyl sites for hydroxylation is 1. The van der Waals surface area contributed by atoms with Crippen molar-refractivity contribution in [3.63, 3.8) is 0 Å². The summed E-state index contributed by atoms with van der Waals surface area (Å²) < 4.78 is 11.2. The zero-order valence-corrected chi connectivity index (χ0v) is 31.7. The molecular weight excluding hydrogens is 856 g/mol. The molecule has 55 heavy (non-hydrogen) atoms. The van der Waals surface area contributed by atoms with Gasteiger partial charge in [-0.3, -0.25) is 4.98 Å². The van der Waals surface area contributed by atoms with Crippen molar-refractivity contribution in [3.8, 4) is 33.9 Å². The minimum Gasteiger partial charge on any atom is -0.497 e. The van der Waals surface area contributed by atoms with Crippen LogP contribution >= 0.6 is 0 Å². The summed E-state index contributed by atoms with van der Waals surface area (Å²) in [5.74, 6) is 1.20. The molecule has 6 heteroatoms. The first-order chi connectivity index (χ1) is 26.7. The molecule has 0 bridgehead atoms. The molecular formula is C49H28N4OPt. The Morgan fingerprint density at radius 1 is 0.564 bits per heavy atom. The summed E-state index contributed by atoms with van der Waals surface area (Å²) in [6, 6.07) is 58.1. The number of fused-ring (bicyclic) bond motifs is 14. The van der Waals surface area contributed by atoms with E-state index in [0.717, 1.165) is 60.5 Å². The van der Waals surface area contributed by atoms with Gasteiger partial charge in [0.1, 0.15) is 0 Å². The molecule has 0 amide bonds. The first-order valence-electron chi connectivity index (χ1n) is 18.2. The molecule has 0 saturated carbocycles. The average molecular weight is 884 g/mol. The van der Waals surface area contributed by atoms with E-state index >= 15 is 0 Å². The minimum atomic E-state index is 0. The van der Waals surface area contributed by atoms with Crippen LogP contribution in [0.5, 0.6) is 11.5 Å². The molecule has 0 spiro atoms. The summed E-state index contributed by atoms with van der Waals surface area (Å²) in [7, 11) is 0. The van der Waals surface area contributed by atoms with Crippen LogP contribution in [0, 0.1) is 19.1 Å². The molecule has 0 fully saturated rings. The topological polar surface area (TPSA) is 43.8 Å². The van der Waals surface area contributed by atoms with Crippen LogP contribution in [0.3, 0.4) is 0 Å². The Labute approximate surface area is 329 Å². The van der Waals surface area contributed by atoms with Crippen molar-refractivity contribution in [2.45, 2.75) is 6.92 Å². The molecule has 5 heterocycles. The van der Waals surface area contributed by atoms with Crippen LogP contribution in [0.1, 0.15) is 5.56 Å². The number of pyridine rings is 2. The van der Waals surface area contributed by atoms with Gasteiger partial charge in [-0.15, -0.1) is 29.8 Å². The van der Waals surface area contributed by atoms with Gasteiger partial charge in [0.15, 0.2) is 0 Å². The van der Waals surface area contributed by atoms with Gasteiger partial charge < -0.3 is 18.5 Å². The summed E-state index contributed by atoms with van der Waals surface area (Å²) in [6.45, 7) is 2.17. The zero-order valence-electron chi connectivity index (χ0n) is 29.4.